The monoisotopic (exact) mass is 1970 g/mol. The number of aromatic nitrogens is 8. The minimum Gasteiger partial charge on any atom is -0.480 e. The Labute approximate surface area is 824 Å². The van der Waals surface area contributed by atoms with Crippen molar-refractivity contribution in [2.45, 2.75) is 88.4 Å². The second-order valence-electron chi connectivity index (χ2n) is 35.3. The van der Waals surface area contributed by atoms with Gasteiger partial charge in [-0.3, -0.25) is 78.2 Å². The third-order valence-corrected chi connectivity index (χ3v) is 25.7. The fourth-order valence-electron chi connectivity index (χ4n) is 18.5. The molecule has 4 atom stereocenters. The average Bonchev–Trinajstić information content (AvgIpc) is 1.54. The Bertz CT molecular complexity index is 6140. The molecular formula is C101H119F2N21O19. The number of ether oxygens (including phenoxy) is 8. The molecule has 2 unspecified atom stereocenters. The number of hydrogen-bond acceptors (Lipinski definition) is 33. The van der Waals surface area contributed by atoms with Gasteiger partial charge in [0.25, 0.3) is 23.6 Å². The van der Waals surface area contributed by atoms with E-state index in [-0.39, 0.29) is 84.0 Å². The number of halogens is 2. The number of anilines is 6. The number of nitrogens with zero attached hydrogens (tertiary/aromatic N) is 16. The first-order valence-electron chi connectivity index (χ1n) is 48.7. The molecule has 4 aromatic carbocycles. The third kappa shape index (κ3) is 26.6. The van der Waals surface area contributed by atoms with Crippen LogP contribution in [-0.4, -0.2) is 339 Å². The van der Waals surface area contributed by atoms with E-state index in [2.05, 4.69) is 55.7 Å². The van der Waals surface area contributed by atoms with Crippen molar-refractivity contribution in [2.24, 2.45) is 5.73 Å². The van der Waals surface area contributed by atoms with Gasteiger partial charge in [0.1, 0.15) is 64.2 Å². The largest absolute Gasteiger partial charge is 0.480 e. The summed E-state index contributed by atoms with van der Waals surface area (Å²) < 4.78 is 75.6. The number of nitrogens with two attached hydrogens (primary N) is 1. The van der Waals surface area contributed by atoms with Crippen molar-refractivity contribution in [3.63, 3.8) is 0 Å². The van der Waals surface area contributed by atoms with Crippen molar-refractivity contribution in [2.75, 3.05) is 234 Å². The number of carboxylic acid groups (broad SMARTS) is 1. The zero-order valence-corrected chi connectivity index (χ0v) is 79.6. The van der Waals surface area contributed by atoms with Crippen molar-refractivity contribution in [1.29, 1.82) is 0 Å². The first-order chi connectivity index (χ1) is 69.8. The summed E-state index contributed by atoms with van der Waals surface area (Å²) in [5.41, 5.74) is 14.0. The molecule has 8 amide bonds. The van der Waals surface area contributed by atoms with Gasteiger partial charge in [-0.2, -0.15) is 0 Å². The Kier molecular flexibility index (Phi) is 36.0. The molecule has 10 aromatic rings. The van der Waals surface area contributed by atoms with Crippen molar-refractivity contribution < 1.29 is 99.7 Å². The molecule has 18 rings (SSSR count). The number of benzene rings is 4. The molecule has 7 N–H and O–H groups in total. The molecule has 0 saturated carbocycles. The van der Waals surface area contributed by atoms with Gasteiger partial charge in [-0.05, 0) is 165 Å². The summed E-state index contributed by atoms with van der Waals surface area (Å²) in [6, 6.07) is 41.3. The van der Waals surface area contributed by atoms with Crippen LogP contribution in [0.25, 0.3) is 34.1 Å². The van der Waals surface area contributed by atoms with E-state index in [1.54, 1.807) is 73.1 Å². The lowest BCUT2D eigenvalue weighted by Crippen LogP contribution is -2.54. The molecule has 143 heavy (non-hydrogen) atoms. The van der Waals surface area contributed by atoms with E-state index < -0.39 is 65.3 Å². The summed E-state index contributed by atoms with van der Waals surface area (Å²) in [7, 11) is 0. The van der Waals surface area contributed by atoms with E-state index in [0.29, 0.717) is 169 Å². The van der Waals surface area contributed by atoms with Crippen molar-refractivity contribution >= 4 is 105 Å². The normalized spacial score (nSPS) is 18.3. The Morgan fingerprint density at radius 3 is 1.22 bits per heavy atom. The molecule has 8 aliphatic heterocycles. The first kappa shape index (κ1) is 102. The van der Waals surface area contributed by atoms with Crippen LogP contribution in [0.4, 0.5) is 43.4 Å². The number of amides is 8. The number of Topliss-reactive ketones (excluding diaryl/α,β-unsaturated/α-hetero) is 1. The lowest BCUT2D eigenvalue weighted by Gasteiger charge is -2.35. The van der Waals surface area contributed by atoms with Gasteiger partial charge in [0.15, 0.2) is 11.3 Å². The molecular weight excluding hydrogens is 1850 g/mol. The van der Waals surface area contributed by atoms with E-state index in [9.17, 15) is 56.7 Å². The fourth-order valence-corrected chi connectivity index (χ4v) is 18.5. The number of imidazole rings is 2. The topological polar surface area (TPSA) is 451 Å². The lowest BCUT2D eigenvalue weighted by atomic mass is 10.0. The quantitative estimate of drug-likeness (QED) is 0.0161. The second kappa shape index (κ2) is 50.3. The molecule has 0 bridgehead atoms. The van der Waals surface area contributed by atoms with Gasteiger partial charge >= 0.3 is 5.97 Å². The highest BCUT2D eigenvalue weighted by atomic mass is 19.1. The molecule has 6 fully saturated rings. The van der Waals surface area contributed by atoms with Crippen LogP contribution in [0.5, 0.6) is 0 Å². The highest BCUT2D eigenvalue weighted by Crippen LogP contribution is 2.40. The van der Waals surface area contributed by atoms with Crippen LogP contribution in [0, 0.1) is 11.6 Å². The second-order valence-corrected chi connectivity index (χ2v) is 35.3. The predicted molar refractivity (Wildman–Crippen MR) is 522 cm³/mol. The molecule has 0 spiro atoms. The SMILES string of the molecule is NCCOCCOCCOCCOCCNc1ccc2c(c1)C(=O)N(C1CCC(=O)NC1=O)C2=O.O=C(CCCOCCOCCOCCOCCNc1ccc2c(c1)C(=O)N(C1CCC(=O)NC1=O)C2=O)CN1CCN(c2cccc(-c3cnc4ccc(N5CCC[C@@H]5c5cccc(F)c5)nn34)n2)CC1.O=C(O)CN1CCN(c2cccc(-c3cnc4ccc(N5CCC[C@@H]5c5cccc(F)c5)nn34)n2)CC1. The standard InChI is InChI=1S/C51H59FN10O9.C27H28FN7O2.C23H32N4O8/c52-36-6-1-5-35(31-36)42-9-3-18-60(42)47-15-14-45-54-33-44(62(45)57-47)41-8-2-10-46(55-41)59-21-19-58(20-22-59)34-38(63)7-4-23-68-25-27-70-29-30-71-28-26-69-24-17-53-37-11-12-39-40(32-37)51(67)61(50(39)66)43-13-16-48(64)56-49(43)65;28-20-5-1-4-19(16-20)22-7-3-11-34(22)26-10-9-24-29-17-23(35(24)31-26)21-6-2-8-25(30-21)33-14-12-32(13-15-33)18-27(36)37;24-5-7-32-9-11-34-13-14-35-12-10-33-8-6-25-16-1-2-17-18(15-16)23(31)27(22(17)30)19-3-4-20(28)26-21(19)29/h1-2,5-6,8,10-12,14-15,31-33,42-43,53H,3-4,7,9,13,16-30,34H2,(H,56,64,65);1-2,4-6,8-10,16-17,22H,3,7,11-15,18H2,(H,36,37);1-2,15,19,25H,3-14,24H2,(H,26,28,29)/t42-,43?;22-;/m11./s1. The van der Waals surface area contributed by atoms with Crippen LogP contribution in [0.2, 0.25) is 0 Å². The van der Waals surface area contributed by atoms with Gasteiger partial charge in [-0.25, -0.2) is 37.7 Å². The number of carbonyl (C=O) groups is 10. The lowest BCUT2D eigenvalue weighted by molar-refractivity contribution is -0.139. The number of nitrogens with one attached hydrogen (secondary N) is 4. The van der Waals surface area contributed by atoms with Crippen LogP contribution >= 0.6 is 0 Å². The van der Waals surface area contributed by atoms with E-state index in [4.69, 9.17) is 68.9 Å². The van der Waals surface area contributed by atoms with E-state index in [1.165, 1.54) is 12.1 Å². The number of piperidine rings is 2. The summed E-state index contributed by atoms with van der Waals surface area (Å²) in [6.45, 7) is 16.6. The summed E-state index contributed by atoms with van der Waals surface area (Å²) in [4.78, 5) is 157. The van der Waals surface area contributed by atoms with Crippen LogP contribution in [0.1, 0.15) is 129 Å². The molecule has 0 radical (unpaired) electrons. The van der Waals surface area contributed by atoms with E-state index in [0.717, 1.165) is 156 Å². The number of hydrogen-bond donors (Lipinski definition) is 6. The molecule has 6 saturated heterocycles. The number of aliphatic carboxylic acids is 1. The Morgan fingerprint density at radius 2 is 0.811 bits per heavy atom. The number of imide groups is 4. The van der Waals surface area contributed by atoms with Crippen LogP contribution in [-0.2, 0) is 66.7 Å². The number of pyridine rings is 2. The maximum Gasteiger partial charge on any atom is 0.317 e. The van der Waals surface area contributed by atoms with Crippen LogP contribution < -0.4 is 46.6 Å². The number of rotatable bonds is 46. The number of ketones is 1. The van der Waals surface area contributed by atoms with Gasteiger partial charge in [-0.15, -0.1) is 10.2 Å². The van der Waals surface area contributed by atoms with Gasteiger partial charge in [-0.1, -0.05) is 36.4 Å². The summed E-state index contributed by atoms with van der Waals surface area (Å²) in [6.07, 6.45) is 8.97. The minimum atomic E-state index is -1.00. The van der Waals surface area contributed by atoms with Crippen LogP contribution in [0.15, 0.2) is 158 Å². The maximum absolute atomic E-state index is 14.1. The zero-order chi connectivity index (χ0) is 99.5. The van der Waals surface area contributed by atoms with E-state index >= 15 is 0 Å². The van der Waals surface area contributed by atoms with Gasteiger partial charge in [0, 0.05) is 122 Å². The third-order valence-electron chi connectivity index (χ3n) is 25.7. The summed E-state index contributed by atoms with van der Waals surface area (Å²) >= 11 is 0. The zero-order valence-electron chi connectivity index (χ0n) is 79.6. The van der Waals surface area contributed by atoms with Crippen molar-refractivity contribution in [3.05, 3.63) is 203 Å². The Morgan fingerprint density at radius 1 is 0.413 bits per heavy atom. The molecule has 0 aliphatic carbocycles. The number of piperazine rings is 2. The summed E-state index contributed by atoms with van der Waals surface area (Å²) in [5, 5.41) is 29.7. The molecule has 756 valence electrons. The van der Waals surface area contributed by atoms with Crippen molar-refractivity contribution in [1.82, 2.24) is 69.4 Å². The Hall–Kier alpha value is -13.7. The maximum atomic E-state index is 14.1. The van der Waals surface area contributed by atoms with Crippen LogP contribution in [0.3, 0.4) is 0 Å². The fraction of sp³-hybridized carbons (Fsp3) is 0.446. The molecule has 6 aromatic heterocycles. The number of carbonyl (C=O) groups excluding carboxylic acids is 9. The highest BCUT2D eigenvalue weighted by Gasteiger charge is 2.47. The molecule has 8 aliphatic rings. The van der Waals surface area contributed by atoms with Gasteiger partial charge in [0.2, 0.25) is 23.6 Å². The smallest absolute Gasteiger partial charge is 0.317 e. The highest BCUT2D eigenvalue weighted by molar-refractivity contribution is 6.25. The van der Waals surface area contributed by atoms with E-state index in [1.807, 2.05) is 86.7 Å². The first-order valence-corrected chi connectivity index (χ1v) is 48.7. The number of fused-ring (bicyclic) bond motifs is 4. The average molecular weight is 1970 g/mol. The molecule has 42 heteroatoms. The molecule has 40 nitrogen and oxygen atoms in total. The van der Waals surface area contributed by atoms with Gasteiger partial charge < -0.3 is 79.0 Å². The summed E-state index contributed by atoms with van der Waals surface area (Å²) in [5.74, 6) is -1.96. The minimum absolute atomic E-state index is 0.0532. The van der Waals surface area contributed by atoms with Gasteiger partial charge in [0.05, 0.1) is 170 Å². The molecule has 14 heterocycles. The number of carboxylic acids is 1. The predicted octanol–water partition coefficient (Wildman–Crippen LogP) is 7.33. The Balaban J connectivity index is 0.000000171. The van der Waals surface area contributed by atoms with Crippen molar-refractivity contribution in [3.8, 4) is 22.8 Å².